The van der Waals surface area contributed by atoms with Crippen LogP contribution in [0.25, 0.3) is 0 Å². The summed E-state index contributed by atoms with van der Waals surface area (Å²) in [7, 11) is 0. The van der Waals surface area contributed by atoms with E-state index in [0.717, 1.165) is 36.9 Å². The fraction of sp³-hybridized carbons (Fsp3) is 0.550. The Morgan fingerprint density at radius 1 is 1.15 bits per heavy atom. The van der Waals surface area contributed by atoms with E-state index in [2.05, 4.69) is 10.6 Å². The van der Waals surface area contributed by atoms with Gasteiger partial charge in [0, 0.05) is 18.0 Å². The summed E-state index contributed by atoms with van der Waals surface area (Å²) in [6.45, 7) is 0. The van der Waals surface area contributed by atoms with Crippen molar-refractivity contribution < 1.29 is 19.5 Å². The molecule has 1 fully saturated rings. The van der Waals surface area contributed by atoms with E-state index in [0.29, 0.717) is 25.7 Å². The highest BCUT2D eigenvalue weighted by Gasteiger charge is 2.40. The molecule has 0 bridgehead atoms. The van der Waals surface area contributed by atoms with Crippen molar-refractivity contribution in [2.24, 2.45) is 5.92 Å². The van der Waals surface area contributed by atoms with E-state index in [4.69, 9.17) is 0 Å². The molecule has 26 heavy (non-hydrogen) atoms. The van der Waals surface area contributed by atoms with Gasteiger partial charge < -0.3 is 15.7 Å². The van der Waals surface area contributed by atoms with E-state index in [1.165, 1.54) is 0 Å². The molecule has 1 unspecified atom stereocenters. The SMILES string of the molecule is O=C(CCC1Cc2ccccc2NC1=O)NC1(C(=O)O)CCCCCC1. The molecule has 0 aromatic heterocycles. The maximum Gasteiger partial charge on any atom is 0.329 e. The third kappa shape index (κ3) is 4.06. The van der Waals surface area contributed by atoms with E-state index >= 15 is 0 Å². The van der Waals surface area contributed by atoms with Gasteiger partial charge in [0.1, 0.15) is 5.54 Å². The van der Waals surface area contributed by atoms with Crippen LogP contribution >= 0.6 is 0 Å². The summed E-state index contributed by atoms with van der Waals surface area (Å²) in [5.41, 5.74) is 0.763. The van der Waals surface area contributed by atoms with Crippen LogP contribution in [0, 0.1) is 5.92 Å². The van der Waals surface area contributed by atoms with Gasteiger partial charge in [-0.25, -0.2) is 4.79 Å². The molecule has 1 atom stereocenters. The Labute approximate surface area is 153 Å². The van der Waals surface area contributed by atoms with Gasteiger partial charge >= 0.3 is 5.97 Å². The normalized spacial score (nSPS) is 21.8. The number of carbonyl (C=O) groups excluding carboxylic acids is 2. The molecule has 1 aliphatic carbocycles. The van der Waals surface area contributed by atoms with Gasteiger partial charge in [0.15, 0.2) is 0 Å². The number of carbonyl (C=O) groups is 3. The molecule has 3 N–H and O–H groups in total. The Morgan fingerprint density at radius 2 is 1.85 bits per heavy atom. The van der Waals surface area contributed by atoms with Crippen molar-refractivity contribution in [2.45, 2.75) is 63.3 Å². The Balaban J connectivity index is 1.58. The largest absolute Gasteiger partial charge is 0.480 e. The lowest BCUT2D eigenvalue weighted by molar-refractivity contribution is -0.148. The van der Waals surface area contributed by atoms with Crippen molar-refractivity contribution in [3.63, 3.8) is 0 Å². The highest BCUT2D eigenvalue weighted by atomic mass is 16.4. The number of para-hydroxylation sites is 1. The van der Waals surface area contributed by atoms with E-state index in [1.54, 1.807) is 0 Å². The number of carboxylic acid groups (broad SMARTS) is 1. The Bertz CT molecular complexity index is 693. The molecule has 1 aliphatic heterocycles. The summed E-state index contributed by atoms with van der Waals surface area (Å²) in [5, 5.41) is 15.3. The van der Waals surface area contributed by atoms with Gasteiger partial charge in [0.05, 0.1) is 0 Å². The molecule has 1 heterocycles. The molecule has 0 saturated heterocycles. The van der Waals surface area contributed by atoms with Gasteiger partial charge in [0.25, 0.3) is 0 Å². The maximum atomic E-state index is 12.4. The molecular formula is C20H26N2O4. The molecule has 0 spiro atoms. The van der Waals surface area contributed by atoms with Crippen molar-refractivity contribution in [1.29, 1.82) is 0 Å². The summed E-state index contributed by atoms with van der Waals surface area (Å²) in [4.78, 5) is 36.4. The number of anilines is 1. The zero-order valence-corrected chi connectivity index (χ0v) is 14.9. The summed E-state index contributed by atoms with van der Waals surface area (Å²) in [6.07, 6.45) is 5.79. The summed E-state index contributed by atoms with van der Waals surface area (Å²) in [6, 6.07) is 7.67. The second-order valence-electron chi connectivity index (χ2n) is 7.44. The Kier molecular flexibility index (Phi) is 5.59. The van der Waals surface area contributed by atoms with Gasteiger partial charge in [-0.2, -0.15) is 0 Å². The summed E-state index contributed by atoms with van der Waals surface area (Å²) < 4.78 is 0. The van der Waals surface area contributed by atoms with Crippen molar-refractivity contribution in [1.82, 2.24) is 5.32 Å². The number of fused-ring (bicyclic) bond motifs is 1. The van der Waals surface area contributed by atoms with Crippen LogP contribution in [0.3, 0.4) is 0 Å². The first-order valence-corrected chi connectivity index (χ1v) is 9.43. The van der Waals surface area contributed by atoms with Crippen LogP contribution in [-0.2, 0) is 20.8 Å². The number of hydrogen-bond acceptors (Lipinski definition) is 3. The number of hydrogen-bond donors (Lipinski definition) is 3. The first-order valence-electron chi connectivity index (χ1n) is 9.43. The fourth-order valence-corrected chi connectivity index (χ4v) is 4.01. The second-order valence-corrected chi connectivity index (χ2v) is 7.44. The van der Waals surface area contributed by atoms with Crippen LogP contribution in [0.15, 0.2) is 24.3 Å². The van der Waals surface area contributed by atoms with Crippen LogP contribution in [0.1, 0.15) is 56.9 Å². The molecule has 140 valence electrons. The zero-order valence-electron chi connectivity index (χ0n) is 14.9. The van der Waals surface area contributed by atoms with Gasteiger partial charge in [-0.1, -0.05) is 43.9 Å². The highest BCUT2D eigenvalue weighted by Crippen LogP contribution is 2.29. The first kappa shape index (κ1) is 18.4. The molecule has 0 radical (unpaired) electrons. The predicted molar refractivity (Wildman–Crippen MR) is 97.7 cm³/mol. The molecule has 6 heteroatoms. The third-order valence-corrected chi connectivity index (χ3v) is 5.58. The van der Waals surface area contributed by atoms with Gasteiger partial charge in [-0.05, 0) is 37.3 Å². The molecule has 6 nitrogen and oxygen atoms in total. The summed E-state index contributed by atoms with van der Waals surface area (Å²) >= 11 is 0. The third-order valence-electron chi connectivity index (χ3n) is 5.58. The maximum absolute atomic E-state index is 12.4. The van der Waals surface area contributed by atoms with Crippen molar-refractivity contribution >= 4 is 23.5 Å². The number of benzene rings is 1. The zero-order chi connectivity index (χ0) is 18.6. The monoisotopic (exact) mass is 358 g/mol. The number of nitrogens with one attached hydrogen (secondary N) is 2. The minimum absolute atomic E-state index is 0.0704. The topological polar surface area (TPSA) is 95.5 Å². The lowest BCUT2D eigenvalue weighted by Crippen LogP contribution is -2.54. The van der Waals surface area contributed by atoms with Crippen LogP contribution in [-0.4, -0.2) is 28.4 Å². The minimum Gasteiger partial charge on any atom is -0.480 e. The molecule has 3 rings (SSSR count). The van der Waals surface area contributed by atoms with Crippen LogP contribution in [0.5, 0.6) is 0 Å². The molecule has 2 aliphatic rings. The number of rotatable bonds is 5. The molecule has 1 aromatic rings. The van der Waals surface area contributed by atoms with Crippen molar-refractivity contribution in [3.8, 4) is 0 Å². The average molecular weight is 358 g/mol. The minimum atomic E-state index is -1.14. The smallest absolute Gasteiger partial charge is 0.329 e. The van der Waals surface area contributed by atoms with Gasteiger partial charge in [-0.3, -0.25) is 9.59 Å². The molecule has 2 amide bonds. The lowest BCUT2D eigenvalue weighted by Gasteiger charge is -2.30. The van der Waals surface area contributed by atoms with E-state index in [1.807, 2.05) is 24.3 Å². The molecule has 1 saturated carbocycles. The number of amides is 2. The van der Waals surface area contributed by atoms with E-state index in [-0.39, 0.29) is 24.2 Å². The van der Waals surface area contributed by atoms with E-state index < -0.39 is 11.5 Å². The van der Waals surface area contributed by atoms with Crippen molar-refractivity contribution in [3.05, 3.63) is 29.8 Å². The highest BCUT2D eigenvalue weighted by molar-refractivity contribution is 5.96. The fourth-order valence-electron chi connectivity index (χ4n) is 4.01. The molecular weight excluding hydrogens is 332 g/mol. The van der Waals surface area contributed by atoms with E-state index in [9.17, 15) is 19.5 Å². The lowest BCUT2D eigenvalue weighted by atomic mass is 9.88. The Morgan fingerprint density at radius 3 is 2.54 bits per heavy atom. The van der Waals surface area contributed by atoms with Crippen molar-refractivity contribution in [2.75, 3.05) is 5.32 Å². The summed E-state index contributed by atoms with van der Waals surface area (Å²) in [5.74, 6) is -1.55. The Hall–Kier alpha value is -2.37. The standard InChI is InChI=1S/C20H26N2O4/c23-17(22-20(19(25)26)11-5-1-2-6-12-20)10-9-15-13-14-7-3-4-8-16(14)21-18(15)24/h3-4,7-8,15H,1-2,5-6,9-13H2,(H,21,24)(H,22,23)(H,25,26). The quantitative estimate of drug-likeness (QED) is 0.705. The van der Waals surface area contributed by atoms with Crippen LogP contribution in [0.2, 0.25) is 0 Å². The van der Waals surface area contributed by atoms with Gasteiger partial charge in [-0.15, -0.1) is 0 Å². The predicted octanol–water partition coefficient (Wildman–Crippen LogP) is 2.87. The van der Waals surface area contributed by atoms with Crippen LogP contribution in [0.4, 0.5) is 5.69 Å². The second kappa shape index (κ2) is 7.89. The average Bonchev–Trinajstić information content (AvgIpc) is 2.86. The van der Waals surface area contributed by atoms with Gasteiger partial charge in [0.2, 0.25) is 11.8 Å². The number of aliphatic carboxylic acids is 1. The van der Waals surface area contributed by atoms with Crippen LogP contribution < -0.4 is 10.6 Å². The molecule has 1 aromatic carbocycles. The first-order chi connectivity index (χ1) is 12.5. The number of carboxylic acids is 1.